The van der Waals surface area contributed by atoms with Gasteiger partial charge in [-0.25, -0.2) is 0 Å². The molecule has 4 nitrogen and oxygen atoms in total. The summed E-state index contributed by atoms with van der Waals surface area (Å²) in [6.07, 6.45) is 2.24. The first kappa shape index (κ1) is 12.8. The van der Waals surface area contributed by atoms with Crippen LogP contribution in [0.15, 0.2) is 16.7 Å². The van der Waals surface area contributed by atoms with Crippen molar-refractivity contribution in [2.24, 2.45) is 5.73 Å². The number of nitrogens with one attached hydrogen (secondary N) is 1. The van der Waals surface area contributed by atoms with Gasteiger partial charge in [-0.1, -0.05) is 6.92 Å². The lowest BCUT2D eigenvalue weighted by Gasteiger charge is -2.30. The Balaban J connectivity index is 2.81. The molecule has 0 aliphatic heterocycles. The molecule has 0 aliphatic rings. The van der Waals surface area contributed by atoms with Gasteiger partial charge in [-0.15, -0.1) is 0 Å². The van der Waals surface area contributed by atoms with Crippen molar-refractivity contribution in [3.05, 3.63) is 23.7 Å². The molecule has 90 valence electrons. The molecular weight excluding hydrogens is 204 g/mol. The number of hydrogen-bond donors (Lipinski definition) is 2. The lowest BCUT2D eigenvalue weighted by Crippen LogP contribution is -2.54. The van der Waals surface area contributed by atoms with Gasteiger partial charge in [0.05, 0.1) is 11.8 Å². The summed E-state index contributed by atoms with van der Waals surface area (Å²) < 4.78 is 5.22. The number of hydrogen-bond acceptors (Lipinski definition) is 3. The van der Waals surface area contributed by atoms with E-state index in [1.54, 1.807) is 6.07 Å². The van der Waals surface area contributed by atoms with E-state index in [4.69, 9.17) is 10.2 Å². The summed E-state index contributed by atoms with van der Waals surface area (Å²) >= 11 is 0. The molecule has 1 aromatic rings. The van der Waals surface area contributed by atoms with Gasteiger partial charge in [-0.3, -0.25) is 4.79 Å². The van der Waals surface area contributed by atoms with Crippen molar-refractivity contribution in [1.29, 1.82) is 0 Å². The number of furan rings is 1. The minimum atomic E-state index is -0.431. The monoisotopic (exact) mass is 224 g/mol. The molecule has 1 unspecified atom stereocenters. The molecule has 3 N–H and O–H groups in total. The summed E-state index contributed by atoms with van der Waals surface area (Å²) in [7, 11) is 0. The Hall–Kier alpha value is -1.29. The average Bonchev–Trinajstić information content (AvgIpc) is 2.64. The summed E-state index contributed by atoms with van der Waals surface area (Å²) in [5, 5.41) is 2.91. The second kappa shape index (κ2) is 4.70. The number of carbonyl (C=O) groups excluding carboxylic acids is 1. The molecule has 0 saturated carbocycles. The summed E-state index contributed by atoms with van der Waals surface area (Å²) in [5.74, 6) is 0.575. The molecule has 0 aliphatic carbocycles. The molecule has 0 fully saturated rings. The van der Waals surface area contributed by atoms with Gasteiger partial charge in [0.25, 0.3) is 5.91 Å². The van der Waals surface area contributed by atoms with Crippen LogP contribution in [0.2, 0.25) is 0 Å². The van der Waals surface area contributed by atoms with Crippen molar-refractivity contribution in [2.75, 3.05) is 0 Å². The smallest absolute Gasteiger partial charge is 0.255 e. The highest BCUT2D eigenvalue weighted by molar-refractivity contribution is 5.95. The number of rotatable bonds is 4. The summed E-state index contributed by atoms with van der Waals surface area (Å²) in [6.45, 7) is 7.63. The van der Waals surface area contributed by atoms with Crippen molar-refractivity contribution in [3.8, 4) is 0 Å². The van der Waals surface area contributed by atoms with Gasteiger partial charge in [0.15, 0.2) is 0 Å². The Labute approximate surface area is 96.2 Å². The largest absolute Gasteiger partial charge is 0.469 e. The van der Waals surface area contributed by atoms with E-state index in [-0.39, 0.29) is 11.9 Å². The van der Waals surface area contributed by atoms with E-state index >= 15 is 0 Å². The molecular formula is C12H20N2O2. The number of carbonyl (C=O) groups is 1. The van der Waals surface area contributed by atoms with Crippen LogP contribution in [-0.2, 0) is 6.42 Å². The SMILES string of the molecule is CCc1occc1C(=O)NC(C)(C)C(C)N. The first-order valence-electron chi connectivity index (χ1n) is 5.53. The zero-order valence-electron chi connectivity index (χ0n) is 10.3. The topological polar surface area (TPSA) is 68.3 Å². The van der Waals surface area contributed by atoms with Gasteiger partial charge in [-0.2, -0.15) is 0 Å². The maximum absolute atomic E-state index is 12.0. The fraction of sp³-hybridized carbons (Fsp3) is 0.583. The lowest BCUT2D eigenvalue weighted by molar-refractivity contribution is 0.0901. The van der Waals surface area contributed by atoms with Crippen LogP contribution in [0.1, 0.15) is 43.8 Å². The van der Waals surface area contributed by atoms with E-state index in [1.165, 1.54) is 6.26 Å². The van der Waals surface area contributed by atoms with Gasteiger partial charge in [0.2, 0.25) is 0 Å². The maximum Gasteiger partial charge on any atom is 0.255 e. The molecule has 0 spiro atoms. The van der Waals surface area contributed by atoms with Crippen molar-refractivity contribution >= 4 is 5.91 Å². The molecule has 0 bridgehead atoms. The van der Waals surface area contributed by atoms with E-state index < -0.39 is 5.54 Å². The van der Waals surface area contributed by atoms with E-state index in [2.05, 4.69) is 5.32 Å². The van der Waals surface area contributed by atoms with Gasteiger partial charge in [0.1, 0.15) is 5.76 Å². The predicted molar refractivity (Wildman–Crippen MR) is 63.3 cm³/mol. The molecule has 1 atom stereocenters. The molecule has 1 amide bonds. The highest BCUT2D eigenvalue weighted by Gasteiger charge is 2.26. The molecule has 16 heavy (non-hydrogen) atoms. The summed E-state index contributed by atoms with van der Waals surface area (Å²) in [5.41, 5.74) is 5.97. The lowest BCUT2D eigenvalue weighted by atomic mass is 9.96. The van der Waals surface area contributed by atoms with Crippen LogP contribution in [0.25, 0.3) is 0 Å². The van der Waals surface area contributed by atoms with Crippen molar-refractivity contribution in [3.63, 3.8) is 0 Å². The van der Waals surface area contributed by atoms with Crippen LogP contribution >= 0.6 is 0 Å². The zero-order valence-corrected chi connectivity index (χ0v) is 10.3. The van der Waals surface area contributed by atoms with Gasteiger partial charge >= 0.3 is 0 Å². The minimum Gasteiger partial charge on any atom is -0.469 e. The van der Waals surface area contributed by atoms with E-state index in [0.717, 1.165) is 0 Å². The van der Waals surface area contributed by atoms with Crippen LogP contribution in [0, 0.1) is 0 Å². The summed E-state index contributed by atoms with van der Waals surface area (Å²) in [4.78, 5) is 12.0. The Kier molecular flexibility index (Phi) is 3.75. The van der Waals surface area contributed by atoms with E-state index in [9.17, 15) is 4.79 Å². The maximum atomic E-state index is 12.0. The van der Waals surface area contributed by atoms with Gasteiger partial charge < -0.3 is 15.5 Å². The molecule has 0 aromatic carbocycles. The second-order valence-electron chi connectivity index (χ2n) is 4.58. The van der Waals surface area contributed by atoms with Crippen molar-refractivity contribution in [2.45, 2.75) is 45.7 Å². The third-order valence-electron chi connectivity index (χ3n) is 2.89. The Bertz CT molecular complexity index is 367. The zero-order chi connectivity index (χ0) is 12.3. The fourth-order valence-corrected chi connectivity index (χ4v) is 1.29. The first-order chi connectivity index (χ1) is 7.38. The highest BCUT2D eigenvalue weighted by atomic mass is 16.3. The molecule has 1 heterocycles. The molecule has 1 rings (SSSR count). The quantitative estimate of drug-likeness (QED) is 0.817. The van der Waals surface area contributed by atoms with E-state index in [0.29, 0.717) is 17.7 Å². The van der Waals surface area contributed by atoms with Crippen LogP contribution < -0.4 is 11.1 Å². The van der Waals surface area contributed by atoms with Crippen molar-refractivity contribution < 1.29 is 9.21 Å². The van der Waals surface area contributed by atoms with Crippen LogP contribution in [-0.4, -0.2) is 17.5 Å². The van der Waals surface area contributed by atoms with Gasteiger partial charge in [-0.05, 0) is 26.8 Å². The van der Waals surface area contributed by atoms with Gasteiger partial charge in [0, 0.05) is 18.0 Å². The third kappa shape index (κ3) is 2.64. The standard InChI is InChI=1S/C12H20N2O2/c1-5-10-9(6-7-16-10)11(15)14-12(3,4)8(2)13/h6-8H,5,13H2,1-4H3,(H,14,15). The first-order valence-corrected chi connectivity index (χ1v) is 5.53. The Morgan fingerprint density at radius 3 is 2.75 bits per heavy atom. The van der Waals surface area contributed by atoms with Crippen molar-refractivity contribution in [1.82, 2.24) is 5.32 Å². The molecule has 4 heteroatoms. The average molecular weight is 224 g/mol. The number of aryl methyl sites for hydroxylation is 1. The third-order valence-corrected chi connectivity index (χ3v) is 2.89. The highest BCUT2D eigenvalue weighted by Crippen LogP contribution is 2.14. The van der Waals surface area contributed by atoms with Crippen LogP contribution in [0.3, 0.4) is 0 Å². The predicted octanol–water partition coefficient (Wildman–Crippen LogP) is 1.70. The number of nitrogens with two attached hydrogens (primary N) is 1. The second-order valence-corrected chi connectivity index (χ2v) is 4.58. The normalized spacial score (nSPS) is 13.6. The van der Waals surface area contributed by atoms with Crippen LogP contribution in [0.5, 0.6) is 0 Å². The molecule has 1 aromatic heterocycles. The summed E-state index contributed by atoms with van der Waals surface area (Å²) in [6, 6.07) is 1.57. The molecule has 0 radical (unpaired) electrons. The van der Waals surface area contributed by atoms with Crippen LogP contribution in [0.4, 0.5) is 0 Å². The Morgan fingerprint density at radius 2 is 2.25 bits per heavy atom. The number of amides is 1. The fourth-order valence-electron chi connectivity index (χ4n) is 1.29. The molecule has 0 saturated heterocycles. The Morgan fingerprint density at radius 1 is 1.62 bits per heavy atom. The minimum absolute atomic E-state index is 0.117. The van der Waals surface area contributed by atoms with E-state index in [1.807, 2.05) is 27.7 Å².